The first-order chi connectivity index (χ1) is 15.0. The number of nitrogen functional groups attached to an aromatic ring is 1. The van der Waals surface area contributed by atoms with Crippen molar-refractivity contribution in [3.05, 3.63) is 70.7 Å². The van der Waals surface area contributed by atoms with Gasteiger partial charge < -0.3 is 16.8 Å². The van der Waals surface area contributed by atoms with Crippen molar-refractivity contribution in [1.82, 2.24) is 9.78 Å². The summed E-state index contributed by atoms with van der Waals surface area (Å²) < 4.78 is 14.6. The number of benzene rings is 2. The maximum absolute atomic E-state index is 13.2. The molecule has 2 aromatic carbocycles. The lowest BCUT2D eigenvalue weighted by atomic mass is 10.1. The maximum Gasteiger partial charge on any atom is 0.193 e. The fourth-order valence-electron chi connectivity index (χ4n) is 3.84. The minimum atomic E-state index is -0.348. The fourth-order valence-corrected chi connectivity index (χ4v) is 3.84. The molecule has 5 N–H and O–H groups in total. The summed E-state index contributed by atoms with van der Waals surface area (Å²) in [5.74, 6) is 0.249. The van der Waals surface area contributed by atoms with E-state index in [0.717, 1.165) is 18.5 Å². The molecule has 32 heavy (non-hydrogen) atoms. The number of aryl methyl sites for hydroxylation is 3. The lowest BCUT2D eigenvalue weighted by molar-refractivity contribution is 0.627. The number of nitrogens with zero attached hydrogens (tertiary/aromatic N) is 4. The molecule has 0 atom stereocenters. The number of nitriles is 1. The van der Waals surface area contributed by atoms with Gasteiger partial charge in [0.25, 0.3) is 0 Å². The normalized spacial score (nSPS) is 12.7. The molecule has 0 aliphatic heterocycles. The molecule has 1 aliphatic rings. The number of guanidine groups is 1. The molecule has 0 fully saturated rings. The van der Waals surface area contributed by atoms with Crippen molar-refractivity contribution >= 4 is 41.4 Å². The van der Waals surface area contributed by atoms with Gasteiger partial charge in [0.05, 0.1) is 11.4 Å². The first-order valence-corrected chi connectivity index (χ1v) is 10.3. The predicted molar refractivity (Wildman–Crippen MR) is 135 cm³/mol. The van der Waals surface area contributed by atoms with E-state index in [1.54, 1.807) is 12.1 Å². The van der Waals surface area contributed by atoms with Crippen LogP contribution in [0.15, 0.2) is 47.5 Å². The molecule has 0 saturated carbocycles. The van der Waals surface area contributed by atoms with E-state index in [1.807, 2.05) is 6.07 Å². The average Bonchev–Trinajstić information content (AvgIpc) is 3.35. The molecule has 0 saturated heterocycles. The van der Waals surface area contributed by atoms with Gasteiger partial charge in [-0.15, -0.1) is 24.0 Å². The summed E-state index contributed by atoms with van der Waals surface area (Å²) >= 11 is 0. The van der Waals surface area contributed by atoms with Crippen LogP contribution in [-0.4, -0.2) is 22.3 Å². The average molecular weight is 545 g/mol. The van der Waals surface area contributed by atoms with Crippen LogP contribution >= 0.6 is 24.0 Å². The Bertz CT molecular complexity index is 1160. The molecule has 1 heterocycles. The van der Waals surface area contributed by atoms with Crippen molar-refractivity contribution < 1.29 is 4.39 Å². The molecule has 9 heteroatoms. The van der Waals surface area contributed by atoms with E-state index in [9.17, 15) is 9.65 Å². The third kappa shape index (κ3) is 5.19. The summed E-state index contributed by atoms with van der Waals surface area (Å²) in [5, 5.41) is 17.1. The van der Waals surface area contributed by atoms with Crippen LogP contribution in [0.2, 0.25) is 0 Å². The first-order valence-electron chi connectivity index (χ1n) is 10.3. The van der Waals surface area contributed by atoms with Gasteiger partial charge in [-0.1, -0.05) is 6.07 Å². The lowest BCUT2D eigenvalue weighted by Gasteiger charge is -2.08. The van der Waals surface area contributed by atoms with E-state index in [4.69, 9.17) is 11.5 Å². The number of aromatic nitrogens is 2. The van der Waals surface area contributed by atoms with Crippen molar-refractivity contribution in [2.45, 2.75) is 32.1 Å². The van der Waals surface area contributed by atoms with E-state index in [1.165, 1.54) is 34.4 Å². The number of hydrogen-bond acceptors (Lipinski definition) is 4. The zero-order chi connectivity index (χ0) is 21.8. The van der Waals surface area contributed by atoms with E-state index < -0.39 is 0 Å². The van der Waals surface area contributed by atoms with Crippen molar-refractivity contribution in [1.29, 1.82) is 5.26 Å². The molecule has 0 amide bonds. The molecule has 0 radical (unpaired) electrons. The maximum atomic E-state index is 13.2. The number of halogens is 2. The number of rotatable bonds is 6. The van der Waals surface area contributed by atoms with Gasteiger partial charge >= 0.3 is 0 Å². The summed E-state index contributed by atoms with van der Waals surface area (Å²) in [4.78, 5) is 4.37. The van der Waals surface area contributed by atoms with Crippen LogP contribution in [0.25, 0.3) is 5.69 Å². The Morgan fingerprint density at radius 3 is 2.69 bits per heavy atom. The Morgan fingerprint density at radius 2 is 1.94 bits per heavy atom. The van der Waals surface area contributed by atoms with Crippen molar-refractivity contribution in [3.8, 4) is 11.8 Å². The first kappa shape index (κ1) is 23.5. The Morgan fingerprint density at radius 1 is 1.19 bits per heavy atom. The molecule has 1 aromatic heterocycles. The third-order valence-corrected chi connectivity index (χ3v) is 5.40. The van der Waals surface area contributed by atoms with Crippen molar-refractivity contribution in [2.24, 2.45) is 10.7 Å². The van der Waals surface area contributed by atoms with Gasteiger partial charge in [0.2, 0.25) is 0 Å². The summed E-state index contributed by atoms with van der Waals surface area (Å²) in [7, 11) is 0. The molecule has 0 bridgehead atoms. The topological polar surface area (TPSA) is 118 Å². The van der Waals surface area contributed by atoms with Crippen LogP contribution in [0.1, 0.15) is 35.2 Å². The Kier molecular flexibility index (Phi) is 7.69. The summed E-state index contributed by atoms with van der Waals surface area (Å²) in [6.45, 7) is 0.484. The molecule has 4 rings (SSSR count). The van der Waals surface area contributed by atoms with Gasteiger partial charge in [0, 0.05) is 12.2 Å². The van der Waals surface area contributed by atoms with Crippen LogP contribution in [0.5, 0.6) is 0 Å². The molecule has 0 spiro atoms. The molecule has 166 valence electrons. The zero-order valence-electron chi connectivity index (χ0n) is 17.5. The molecule has 1 aliphatic carbocycles. The van der Waals surface area contributed by atoms with Crippen molar-refractivity contribution in [2.75, 3.05) is 17.6 Å². The van der Waals surface area contributed by atoms with Gasteiger partial charge in [0.1, 0.15) is 23.3 Å². The SMILES string of the molecule is I.N#Cc1c(CCCN=C(N)Nc2ccc3c(c2)CCC3)nn(-c2ccc(F)cc2)c1N. The van der Waals surface area contributed by atoms with E-state index in [0.29, 0.717) is 42.3 Å². The second-order valence-corrected chi connectivity index (χ2v) is 7.54. The number of nitrogens with one attached hydrogen (secondary N) is 1. The Hall–Kier alpha value is -3.13. The number of hydrogen-bond donors (Lipinski definition) is 3. The van der Waals surface area contributed by atoms with Gasteiger partial charge in [-0.05, 0) is 79.6 Å². The highest BCUT2D eigenvalue weighted by Gasteiger charge is 2.16. The molecule has 7 nitrogen and oxygen atoms in total. The van der Waals surface area contributed by atoms with Gasteiger partial charge in [-0.2, -0.15) is 10.4 Å². The Labute approximate surface area is 203 Å². The number of aliphatic imine (C=N–C) groups is 1. The second kappa shape index (κ2) is 10.5. The summed E-state index contributed by atoms with van der Waals surface area (Å²) in [6, 6.07) is 14.2. The number of nitrogens with two attached hydrogens (primary N) is 2. The number of anilines is 2. The highest BCUT2D eigenvalue weighted by Crippen LogP contribution is 2.25. The zero-order valence-corrected chi connectivity index (χ0v) is 19.8. The predicted octanol–water partition coefficient (Wildman–Crippen LogP) is 3.93. The molecular weight excluding hydrogens is 520 g/mol. The standard InChI is InChI=1S/C23H24FN7.HI/c24-17-7-10-19(11-8-17)31-22(26)20(14-25)21(30-31)5-2-12-28-23(27)29-18-9-6-15-3-1-4-16(15)13-18;/h6-11,13H,1-5,12,26H2,(H3,27,28,29);1H. The van der Waals surface area contributed by atoms with Crippen LogP contribution < -0.4 is 16.8 Å². The van der Waals surface area contributed by atoms with Crippen LogP contribution in [-0.2, 0) is 19.3 Å². The highest BCUT2D eigenvalue weighted by molar-refractivity contribution is 14.0. The van der Waals surface area contributed by atoms with Gasteiger partial charge in [-0.25, -0.2) is 9.07 Å². The summed E-state index contributed by atoms with van der Waals surface area (Å²) in [6.07, 6.45) is 4.63. The monoisotopic (exact) mass is 545 g/mol. The van der Waals surface area contributed by atoms with Gasteiger partial charge in [0.15, 0.2) is 5.96 Å². The highest BCUT2D eigenvalue weighted by atomic mass is 127. The van der Waals surface area contributed by atoms with Gasteiger partial charge in [-0.3, -0.25) is 4.99 Å². The molecule has 0 unspecified atom stereocenters. The van der Waals surface area contributed by atoms with Crippen LogP contribution in [0.4, 0.5) is 15.9 Å². The number of fused-ring (bicyclic) bond motifs is 1. The summed E-state index contributed by atoms with van der Waals surface area (Å²) in [5.41, 5.74) is 17.4. The van der Waals surface area contributed by atoms with Crippen molar-refractivity contribution in [3.63, 3.8) is 0 Å². The second-order valence-electron chi connectivity index (χ2n) is 7.54. The lowest BCUT2D eigenvalue weighted by Crippen LogP contribution is -2.23. The quantitative estimate of drug-likeness (QED) is 0.188. The smallest absolute Gasteiger partial charge is 0.193 e. The largest absolute Gasteiger partial charge is 0.382 e. The molecule has 3 aromatic rings. The molecular formula is C23H25FIN7. The minimum absolute atomic E-state index is 0. The minimum Gasteiger partial charge on any atom is -0.382 e. The van der Waals surface area contributed by atoms with E-state index in [2.05, 4.69) is 33.6 Å². The van der Waals surface area contributed by atoms with Crippen LogP contribution in [0, 0.1) is 17.1 Å². The van der Waals surface area contributed by atoms with E-state index in [-0.39, 0.29) is 35.6 Å². The van der Waals surface area contributed by atoms with Crippen LogP contribution in [0.3, 0.4) is 0 Å². The fraction of sp³-hybridized carbons (Fsp3) is 0.261. The Balaban J connectivity index is 0.00000289. The van der Waals surface area contributed by atoms with E-state index >= 15 is 0 Å². The third-order valence-electron chi connectivity index (χ3n) is 5.40.